The number of hydrogen-bond acceptors (Lipinski definition) is 3. The highest BCUT2D eigenvalue weighted by Gasteiger charge is 2.09. The van der Waals surface area contributed by atoms with Crippen molar-refractivity contribution in [3.8, 4) is 11.3 Å². The lowest BCUT2D eigenvalue weighted by Gasteiger charge is -2.08. The Morgan fingerprint density at radius 3 is 2.58 bits per heavy atom. The smallest absolute Gasteiger partial charge is 0.254 e. The number of amides is 1. The Morgan fingerprint density at radius 2 is 1.88 bits per heavy atom. The molecule has 1 heterocycles. The van der Waals surface area contributed by atoms with Crippen LogP contribution in [0.5, 0.6) is 0 Å². The van der Waals surface area contributed by atoms with Crippen LogP contribution in [-0.2, 0) is 17.9 Å². The van der Waals surface area contributed by atoms with Crippen LogP contribution in [0.25, 0.3) is 11.3 Å². The van der Waals surface area contributed by atoms with Crippen molar-refractivity contribution in [1.82, 2.24) is 14.9 Å². The molecule has 1 aromatic heterocycles. The van der Waals surface area contributed by atoms with Gasteiger partial charge in [0.25, 0.3) is 5.56 Å². The molecule has 3 aromatic rings. The standard InChI is InChI=1S/C19H15FIN3O2/c20-16-4-2-1-3-15(16)17-9-19(26)24(12-23-17)11-18(25)22-10-13-5-7-14(21)8-6-13/h1-9,12H,10-11H2,(H,22,25). The Bertz CT molecular complexity index is 987. The van der Waals surface area contributed by atoms with Crippen LogP contribution in [0.15, 0.2) is 65.7 Å². The van der Waals surface area contributed by atoms with E-state index in [1.165, 1.54) is 23.0 Å². The third-order valence-electron chi connectivity index (χ3n) is 3.75. The third kappa shape index (κ3) is 4.54. The van der Waals surface area contributed by atoms with Crippen molar-refractivity contribution in [2.24, 2.45) is 0 Å². The number of nitrogens with zero attached hydrogens (tertiary/aromatic N) is 2. The zero-order valence-corrected chi connectivity index (χ0v) is 15.8. The van der Waals surface area contributed by atoms with Gasteiger partial charge in [-0.2, -0.15) is 0 Å². The summed E-state index contributed by atoms with van der Waals surface area (Å²) in [5.74, 6) is -0.751. The van der Waals surface area contributed by atoms with Gasteiger partial charge >= 0.3 is 0 Å². The normalized spacial score (nSPS) is 10.5. The molecule has 7 heteroatoms. The summed E-state index contributed by atoms with van der Waals surface area (Å²) in [4.78, 5) is 28.3. The molecule has 0 radical (unpaired) electrons. The van der Waals surface area contributed by atoms with E-state index in [0.29, 0.717) is 6.54 Å². The van der Waals surface area contributed by atoms with Gasteiger partial charge in [-0.15, -0.1) is 0 Å². The van der Waals surface area contributed by atoms with E-state index in [4.69, 9.17) is 0 Å². The maximum Gasteiger partial charge on any atom is 0.254 e. The van der Waals surface area contributed by atoms with E-state index < -0.39 is 11.4 Å². The molecule has 0 atom stereocenters. The molecule has 0 unspecified atom stereocenters. The fourth-order valence-corrected chi connectivity index (χ4v) is 2.73. The average molecular weight is 463 g/mol. The molecular weight excluding hydrogens is 448 g/mol. The van der Waals surface area contributed by atoms with Crippen LogP contribution in [-0.4, -0.2) is 15.5 Å². The average Bonchev–Trinajstić information content (AvgIpc) is 2.63. The van der Waals surface area contributed by atoms with Crippen molar-refractivity contribution >= 4 is 28.5 Å². The summed E-state index contributed by atoms with van der Waals surface area (Å²) < 4.78 is 16.1. The van der Waals surface area contributed by atoms with E-state index in [1.54, 1.807) is 18.2 Å². The molecule has 5 nitrogen and oxygen atoms in total. The zero-order valence-electron chi connectivity index (χ0n) is 13.7. The van der Waals surface area contributed by atoms with Crippen LogP contribution >= 0.6 is 22.6 Å². The van der Waals surface area contributed by atoms with E-state index >= 15 is 0 Å². The fraction of sp³-hybridized carbons (Fsp3) is 0.105. The lowest BCUT2D eigenvalue weighted by molar-refractivity contribution is -0.121. The zero-order chi connectivity index (χ0) is 18.5. The molecule has 0 bridgehead atoms. The summed E-state index contributed by atoms with van der Waals surface area (Å²) in [5.41, 5.74) is 1.05. The first-order valence-electron chi connectivity index (χ1n) is 7.85. The molecule has 0 aliphatic heterocycles. The molecule has 0 aliphatic carbocycles. The lowest BCUT2D eigenvalue weighted by atomic mass is 10.1. The van der Waals surface area contributed by atoms with Crippen LogP contribution in [0.2, 0.25) is 0 Å². The molecule has 0 fully saturated rings. The molecule has 0 saturated heterocycles. The highest BCUT2D eigenvalue weighted by atomic mass is 127. The number of halogens is 2. The van der Waals surface area contributed by atoms with Crippen molar-refractivity contribution in [2.75, 3.05) is 0 Å². The first-order valence-corrected chi connectivity index (χ1v) is 8.93. The number of benzene rings is 2. The number of nitrogens with one attached hydrogen (secondary N) is 1. The van der Waals surface area contributed by atoms with E-state index in [-0.39, 0.29) is 23.7 Å². The maximum absolute atomic E-state index is 13.8. The predicted molar refractivity (Wildman–Crippen MR) is 105 cm³/mol. The van der Waals surface area contributed by atoms with Gasteiger partial charge in [0.1, 0.15) is 12.4 Å². The van der Waals surface area contributed by atoms with Gasteiger partial charge in [0.2, 0.25) is 5.91 Å². The Labute approximate surface area is 163 Å². The van der Waals surface area contributed by atoms with Crippen molar-refractivity contribution in [1.29, 1.82) is 0 Å². The van der Waals surface area contributed by atoms with Gasteiger partial charge in [0.05, 0.1) is 12.0 Å². The third-order valence-corrected chi connectivity index (χ3v) is 4.47. The van der Waals surface area contributed by atoms with E-state index in [0.717, 1.165) is 9.13 Å². The van der Waals surface area contributed by atoms with Crippen molar-refractivity contribution in [3.05, 3.63) is 86.2 Å². The molecule has 1 amide bonds. The number of carbonyl (C=O) groups is 1. The van der Waals surface area contributed by atoms with Crippen LogP contribution in [0.1, 0.15) is 5.56 Å². The van der Waals surface area contributed by atoms with Crippen LogP contribution in [0, 0.1) is 9.39 Å². The Morgan fingerprint density at radius 1 is 1.15 bits per heavy atom. The van der Waals surface area contributed by atoms with Gasteiger partial charge in [0, 0.05) is 21.7 Å². The Balaban J connectivity index is 1.66. The number of aromatic nitrogens is 2. The van der Waals surface area contributed by atoms with Gasteiger partial charge in [0.15, 0.2) is 0 Å². The molecule has 3 rings (SSSR count). The largest absolute Gasteiger partial charge is 0.350 e. The van der Waals surface area contributed by atoms with Crippen molar-refractivity contribution in [2.45, 2.75) is 13.1 Å². The van der Waals surface area contributed by atoms with Gasteiger partial charge < -0.3 is 5.32 Å². The van der Waals surface area contributed by atoms with E-state index in [2.05, 4.69) is 32.9 Å². The number of rotatable bonds is 5. The predicted octanol–water partition coefficient (Wildman–Crippen LogP) is 2.97. The maximum atomic E-state index is 13.8. The summed E-state index contributed by atoms with van der Waals surface area (Å²) in [6.45, 7) is 0.235. The van der Waals surface area contributed by atoms with Crippen molar-refractivity contribution in [3.63, 3.8) is 0 Å². The second kappa shape index (κ2) is 8.22. The summed E-state index contributed by atoms with van der Waals surface area (Å²) in [7, 11) is 0. The summed E-state index contributed by atoms with van der Waals surface area (Å²) in [6, 6.07) is 15.1. The van der Waals surface area contributed by atoms with Crippen molar-refractivity contribution < 1.29 is 9.18 Å². The van der Waals surface area contributed by atoms with Gasteiger partial charge in [-0.3, -0.25) is 14.2 Å². The van der Waals surface area contributed by atoms with Crippen LogP contribution < -0.4 is 10.9 Å². The highest BCUT2D eigenvalue weighted by molar-refractivity contribution is 14.1. The summed E-state index contributed by atoms with van der Waals surface area (Å²) in [5, 5.41) is 2.76. The topological polar surface area (TPSA) is 64.0 Å². The molecule has 0 aliphatic rings. The van der Waals surface area contributed by atoms with Gasteiger partial charge in [-0.25, -0.2) is 9.37 Å². The first-order chi connectivity index (χ1) is 12.5. The van der Waals surface area contributed by atoms with E-state index in [9.17, 15) is 14.0 Å². The first kappa shape index (κ1) is 18.2. The minimum Gasteiger partial charge on any atom is -0.350 e. The Kier molecular flexibility index (Phi) is 5.77. The van der Waals surface area contributed by atoms with E-state index in [1.807, 2.05) is 24.3 Å². The van der Waals surface area contributed by atoms with Gasteiger partial charge in [-0.1, -0.05) is 24.3 Å². The minimum absolute atomic E-state index is 0.145. The fourth-order valence-electron chi connectivity index (χ4n) is 2.37. The van der Waals surface area contributed by atoms with Crippen LogP contribution in [0.3, 0.4) is 0 Å². The Hall–Kier alpha value is -2.55. The summed E-state index contributed by atoms with van der Waals surface area (Å²) in [6.07, 6.45) is 1.26. The minimum atomic E-state index is -0.451. The molecular formula is C19H15FIN3O2. The van der Waals surface area contributed by atoms with Crippen LogP contribution in [0.4, 0.5) is 4.39 Å². The summed E-state index contributed by atoms with van der Waals surface area (Å²) >= 11 is 2.21. The molecule has 1 N–H and O–H groups in total. The number of hydrogen-bond donors (Lipinski definition) is 1. The highest BCUT2D eigenvalue weighted by Crippen LogP contribution is 2.18. The molecule has 0 spiro atoms. The molecule has 26 heavy (non-hydrogen) atoms. The van der Waals surface area contributed by atoms with Gasteiger partial charge in [-0.05, 0) is 52.4 Å². The quantitative estimate of drug-likeness (QED) is 0.592. The molecule has 0 saturated carbocycles. The number of carbonyl (C=O) groups excluding carboxylic acids is 1. The molecule has 2 aromatic carbocycles. The lowest BCUT2D eigenvalue weighted by Crippen LogP contribution is -2.32. The second-order valence-corrected chi connectivity index (χ2v) is 6.87. The SMILES string of the molecule is O=C(Cn1cnc(-c2ccccc2F)cc1=O)NCc1ccc(I)cc1. The monoisotopic (exact) mass is 463 g/mol. The molecule has 132 valence electrons. The second-order valence-electron chi connectivity index (χ2n) is 5.62.